The van der Waals surface area contributed by atoms with E-state index in [1.54, 1.807) is 18.5 Å². The molecule has 0 unspecified atom stereocenters. The van der Waals surface area contributed by atoms with Crippen LogP contribution in [0.1, 0.15) is 16.8 Å². The summed E-state index contributed by atoms with van der Waals surface area (Å²) >= 11 is 0. The first-order chi connectivity index (χ1) is 8.58. The van der Waals surface area contributed by atoms with Crippen molar-refractivity contribution in [3.8, 4) is 0 Å². The number of aromatic nitrogens is 2. The summed E-state index contributed by atoms with van der Waals surface area (Å²) in [5.74, 6) is 0.670. The third-order valence-corrected chi connectivity index (χ3v) is 2.98. The van der Waals surface area contributed by atoms with Crippen LogP contribution in [0.5, 0.6) is 0 Å². The Labute approximate surface area is 106 Å². The van der Waals surface area contributed by atoms with E-state index in [1.807, 2.05) is 31.9 Å². The van der Waals surface area contributed by atoms with Gasteiger partial charge in [0.05, 0.1) is 0 Å². The van der Waals surface area contributed by atoms with Crippen molar-refractivity contribution in [2.75, 3.05) is 11.9 Å². The highest BCUT2D eigenvalue weighted by molar-refractivity contribution is 5.47. The molecule has 94 valence electrons. The molecular formula is C14H16FN3. The van der Waals surface area contributed by atoms with Crippen LogP contribution in [0.3, 0.4) is 0 Å². The first-order valence-electron chi connectivity index (χ1n) is 5.81. The maximum absolute atomic E-state index is 13.1. The molecule has 0 bridgehead atoms. The van der Waals surface area contributed by atoms with E-state index in [-0.39, 0.29) is 5.82 Å². The largest absolute Gasteiger partial charge is 0.355 e. The molecule has 1 aromatic heterocycles. The van der Waals surface area contributed by atoms with Crippen LogP contribution in [0.4, 0.5) is 10.2 Å². The van der Waals surface area contributed by atoms with Crippen LogP contribution in [0.2, 0.25) is 0 Å². The van der Waals surface area contributed by atoms with Gasteiger partial charge < -0.3 is 4.90 Å². The molecule has 0 aliphatic carbocycles. The lowest BCUT2D eigenvalue weighted by molar-refractivity contribution is 0.625. The van der Waals surface area contributed by atoms with Crippen LogP contribution < -0.4 is 4.90 Å². The van der Waals surface area contributed by atoms with E-state index in [4.69, 9.17) is 0 Å². The molecule has 2 aromatic rings. The molecule has 4 heteroatoms. The van der Waals surface area contributed by atoms with Crippen LogP contribution in [-0.4, -0.2) is 17.0 Å². The molecule has 0 radical (unpaired) electrons. The summed E-state index contributed by atoms with van der Waals surface area (Å²) in [6, 6.07) is 6.61. The standard InChI is InChI=1S/C14H16FN3/c1-10-11(2)16-9-17-14(10)18(3)8-12-5-4-6-13(15)7-12/h4-7,9H,8H2,1-3H3. The van der Waals surface area contributed by atoms with E-state index in [1.165, 1.54) is 6.07 Å². The average molecular weight is 245 g/mol. The van der Waals surface area contributed by atoms with Gasteiger partial charge in [-0.1, -0.05) is 12.1 Å². The minimum Gasteiger partial charge on any atom is -0.355 e. The second-order valence-electron chi connectivity index (χ2n) is 4.39. The Kier molecular flexibility index (Phi) is 3.55. The molecule has 0 atom stereocenters. The number of halogens is 1. The molecule has 0 amide bonds. The molecule has 0 aliphatic rings. The smallest absolute Gasteiger partial charge is 0.135 e. The zero-order chi connectivity index (χ0) is 13.1. The Bertz CT molecular complexity index is 554. The van der Waals surface area contributed by atoms with Gasteiger partial charge >= 0.3 is 0 Å². The molecule has 0 saturated carbocycles. The Hall–Kier alpha value is -1.97. The van der Waals surface area contributed by atoms with E-state index >= 15 is 0 Å². The van der Waals surface area contributed by atoms with Gasteiger partial charge in [0.2, 0.25) is 0 Å². The van der Waals surface area contributed by atoms with Gasteiger partial charge in [0, 0.05) is 24.8 Å². The van der Waals surface area contributed by atoms with E-state index in [0.717, 1.165) is 22.6 Å². The van der Waals surface area contributed by atoms with E-state index in [2.05, 4.69) is 9.97 Å². The zero-order valence-electron chi connectivity index (χ0n) is 10.8. The number of nitrogens with zero attached hydrogens (tertiary/aromatic N) is 3. The minimum atomic E-state index is -0.212. The highest BCUT2D eigenvalue weighted by Gasteiger charge is 2.09. The number of anilines is 1. The fraction of sp³-hybridized carbons (Fsp3) is 0.286. The summed E-state index contributed by atoms with van der Waals surface area (Å²) in [5.41, 5.74) is 2.94. The number of hydrogen-bond donors (Lipinski definition) is 0. The highest BCUT2D eigenvalue weighted by Crippen LogP contribution is 2.18. The highest BCUT2D eigenvalue weighted by atomic mass is 19.1. The van der Waals surface area contributed by atoms with Gasteiger partial charge in [-0.15, -0.1) is 0 Å². The maximum Gasteiger partial charge on any atom is 0.135 e. The molecule has 0 fully saturated rings. The zero-order valence-corrected chi connectivity index (χ0v) is 10.8. The van der Waals surface area contributed by atoms with Crippen molar-refractivity contribution in [1.29, 1.82) is 0 Å². The Morgan fingerprint density at radius 2 is 2.00 bits per heavy atom. The van der Waals surface area contributed by atoms with Crippen LogP contribution in [0.25, 0.3) is 0 Å². The Morgan fingerprint density at radius 1 is 1.22 bits per heavy atom. The lowest BCUT2D eigenvalue weighted by Crippen LogP contribution is -2.19. The lowest BCUT2D eigenvalue weighted by Gasteiger charge is -2.20. The predicted molar refractivity (Wildman–Crippen MR) is 70.0 cm³/mol. The van der Waals surface area contributed by atoms with Gasteiger partial charge in [0.1, 0.15) is 18.0 Å². The van der Waals surface area contributed by atoms with Crippen molar-refractivity contribution < 1.29 is 4.39 Å². The average Bonchev–Trinajstić information content (AvgIpc) is 2.32. The summed E-state index contributed by atoms with van der Waals surface area (Å²) in [4.78, 5) is 10.4. The molecule has 1 heterocycles. The summed E-state index contributed by atoms with van der Waals surface area (Å²) in [6.45, 7) is 4.57. The van der Waals surface area contributed by atoms with Crippen LogP contribution in [0.15, 0.2) is 30.6 Å². The minimum absolute atomic E-state index is 0.212. The quantitative estimate of drug-likeness (QED) is 0.832. The van der Waals surface area contributed by atoms with Crippen molar-refractivity contribution in [1.82, 2.24) is 9.97 Å². The fourth-order valence-corrected chi connectivity index (χ4v) is 1.89. The normalized spacial score (nSPS) is 10.4. The molecule has 1 aromatic carbocycles. The third kappa shape index (κ3) is 2.64. The molecule has 3 nitrogen and oxygen atoms in total. The number of hydrogen-bond acceptors (Lipinski definition) is 3. The second-order valence-corrected chi connectivity index (χ2v) is 4.39. The predicted octanol–water partition coefficient (Wildman–Crippen LogP) is 2.87. The summed E-state index contributed by atoms with van der Waals surface area (Å²) < 4.78 is 13.1. The third-order valence-electron chi connectivity index (χ3n) is 2.98. The van der Waals surface area contributed by atoms with Gasteiger partial charge in [0.25, 0.3) is 0 Å². The maximum atomic E-state index is 13.1. The first-order valence-corrected chi connectivity index (χ1v) is 5.81. The Morgan fingerprint density at radius 3 is 2.72 bits per heavy atom. The van der Waals surface area contributed by atoms with Crippen molar-refractivity contribution >= 4 is 5.82 Å². The van der Waals surface area contributed by atoms with Gasteiger partial charge in [-0.25, -0.2) is 14.4 Å². The number of benzene rings is 1. The van der Waals surface area contributed by atoms with Crippen molar-refractivity contribution in [3.05, 3.63) is 53.2 Å². The lowest BCUT2D eigenvalue weighted by atomic mass is 10.2. The molecule has 0 saturated heterocycles. The van der Waals surface area contributed by atoms with Gasteiger partial charge in [0.15, 0.2) is 0 Å². The van der Waals surface area contributed by atoms with E-state index in [0.29, 0.717) is 6.54 Å². The monoisotopic (exact) mass is 245 g/mol. The van der Waals surface area contributed by atoms with E-state index < -0.39 is 0 Å². The topological polar surface area (TPSA) is 29.0 Å². The Balaban J connectivity index is 2.22. The summed E-state index contributed by atoms with van der Waals surface area (Å²) in [5, 5.41) is 0. The van der Waals surface area contributed by atoms with Crippen molar-refractivity contribution in [3.63, 3.8) is 0 Å². The summed E-state index contributed by atoms with van der Waals surface area (Å²) in [7, 11) is 1.94. The van der Waals surface area contributed by atoms with Gasteiger partial charge in [-0.2, -0.15) is 0 Å². The number of rotatable bonds is 3. The van der Waals surface area contributed by atoms with Gasteiger partial charge in [-0.3, -0.25) is 0 Å². The van der Waals surface area contributed by atoms with Gasteiger partial charge in [-0.05, 0) is 31.5 Å². The molecular weight excluding hydrogens is 229 g/mol. The molecule has 0 N–H and O–H groups in total. The van der Waals surface area contributed by atoms with E-state index in [9.17, 15) is 4.39 Å². The second kappa shape index (κ2) is 5.12. The molecule has 0 spiro atoms. The van der Waals surface area contributed by atoms with Crippen LogP contribution >= 0.6 is 0 Å². The molecule has 0 aliphatic heterocycles. The van der Waals surface area contributed by atoms with Crippen molar-refractivity contribution in [2.45, 2.75) is 20.4 Å². The number of aryl methyl sites for hydroxylation is 1. The van der Waals surface area contributed by atoms with Crippen LogP contribution in [-0.2, 0) is 6.54 Å². The fourth-order valence-electron chi connectivity index (χ4n) is 1.89. The SMILES string of the molecule is Cc1ncnc(N(C)Cc2cccc(F)c2)c1C. The van der Waals surface area contributed by atoms with Crippen LogP contribution in [0, 0.1) is 19.7 Å². The summed E-state index contributed by atoms with van der Waals surface area (Å²) in [6.07, 6.45) is 1.56. The first kappa shape index (κ1) is 12.5. The molecule has 2 rings (SSSR count). The van der Waals surface area contributed by atoms with Crippen molar-refractivity contribution in [2.24, 2.45) is 0 Å². The molecule has 18 heavy (non-hydrogen) atoms.